The molecule has 0 aromatic heterocycles. The van der Waals surface area contributed by atoms with Crippen LogP contribution in [0.15, 0.2) is 170 Å². The van der Waals surface area contributed by atoms with E-state index in [1.54, 1.807) is 23.8 Å². The first kappa shape index (κ1) is 59.9. The number of anilines is 2. The summed E-state index contributed by atoms with van der Waals surface area (Å²) in [7, 11) is 3.05. The Morgan fingerprint density at radius 2 is 1.32 bits per heavy atom. The lowest BCUT2D eigenvalue weighted by Gasteiger charge is -2.37. The Morgan fingerprint density at radius 3 is 1.93 bits per heavy atom. The van der Waals surface area contributed by atoms with E-state index in [4.69, 9.17) is 30.4 Å². The summed E-state index contributed by atoms with van der Waals surface area (Å²) in [6, 6.07) is 50.5. The zero-order valence-electron chi connectivity index (χ0n) is 49.2. The molecule has 7 aromatic carbocycles. The van der Waals surface area contributed by atoms with Gasteiger partial charge < -0.3 is 66.4 Å². The van der Waals surface area contributed by atoms with Gasteiger partial charge in [0, 0.05) is 44.5 Å². The van der Waals surface area contributed by atoms with Gasteiger partial charge in [-0.15, -0.1) is 0 Å². The number of rotatable bonds is 24. The lowest BCUT2D eigenvalue weighted by Crippen LogP contribution is -2.54. The fourth-order valence-corrected chi connectivity index (χ4v) is 13.3. The quantitative estimate of drug-likeness (QED) is 0.00537. The van der Waals surface area contributed by atoms with Gasteiger partial charge in [0.25, 0.3) is 0 Å². The number of phenols is 2. The standard InChI is InChI=1S/C69H72N8O11/c1-42-59(70)62(80)58-53(41-87-66(71)83)69(86-3)63-56(39-76(69)60(58)61(42)79)77(63)57(78)31-19-36-72-64(81)54(30-17-18-37-73-68(44-22-9-5-10-23-44,45-24-11-6-12-25-45)46-32-34-47(85-2)35-33-46)74-65(82)55(38-43-20-7-4-8-21-43)75-67(84)88-40-52-50-28-15-13-26-48(50)49-27-14-16-29-51(49)52/h4-16,20-29,32-35,41,52,54-56,63,73,79-80H,17-19,30-31,36-40,70H2,1-3H3,(H2,71,83)(H,72,81)(H,74,82)(H,75,84)/t54?,55-,56?,63?,69?,77?/m0/s1. The molecule has 0 spiro atoms. The van der Waals surface area contributed by atoms with E-state index >= 15 is 0 Å². The van der Waals surface area contributed by atoms with Crippen molar-refractivity contribution in [2.75, 3.05) is 51.1 Å². The van der Waals surface area contributed by atoms with E-state index in [2.05, 4.69) is 69.8 Å². The smallest absolute Gasteiger partial charge is 0.409 e. The molecule has 19 nitrogen and oxygen atoms in total. The Morgan fingerprint density at radius 1 is 0.716 bits per heavy atom. The second kappa shape index (κ2) is 25.6. The van der Waals surface area contributed by atoms with Crippen LogP contribution in [0.25, 0.3) is 16.7 Å². The number of nitrogen functional groups attached to an aromatic ring is 1. The Balaban J connectivity index is 0.796. The molecule has 3 heterocycles. The highest BCUT2D eigenvalue weighted by molar-refractivity contribution is 6.02. The molecule has 19 heteroatoms. The molecule has 10 N–H and O–H groups in total. The maximum atomic E-state index is 14.8. The van der Waals surface area contributed by atoms with Crippen LogP contribution < -0.4 is 42.4 Å². The number of methoxy groups -OCH3 is 2. The third kappa shape index (κ3) is 11.3. The Labute approximate surface area is 510 Å². The topological polar surface area (TPSA) is 269 Å². The minimum atomic E-state index is -1.50. The predicted octanol–water partition coefficient (Wildman–Crippen LogP) is 8.47. The van der Waals surface area contributed by atoms with E-state index < -0.39 is 59.4 Å². The summed E-state index contributed by atoms with van der Waals surface area (Å²) < 4.78 is 22.8. The van der Waals surface area contributed by atoms with Crippen LogP contribution in [-0.4, -0.2) is 115 Å². The van der Waals surface area contributed by atoms with E-state index in [9.17, 15) is 34.2 Å². The molecule has 3 aliphatic heterocycles. The molecule has 5 atom stereocenters. The number of nitrogens with two attached hydrogens (primary N) is 2. The fourth-order valence-electron chi connectivity index (χ4n) is 13.3. The molecule has 11 rings (SSSR count). The number of piperazine rings is 1. The molecule has 4 unspecified atom stereocenters. The van der Waals surface area contributed by atoms with Crippen LogP contribution in [0.3, 0.4) is 0 Å². The monoisotopic (exact) mass is 1190 g/mol. The molecule has 5 amide bonds. The maximum absolute atomic E-state index is 14.8. The van der Waals surface area contributed by atoms with Crippen molar-refractivity contribution in [3.05, 3.63) is 215 Å². The number of primary amides is 1. The summed E-state index contributed by atoms with van der Waals surface area (Å²) in [5, 5.41) is 35.4. The zero-order valence-corrected chi connectivity index (χ0v) is 49.2. The first-order valence-electron chi connectivity index (χ1n) is 29.6. The summed E-state index contributed by atoms with van der Waals surface area (Å²) in [4.78, 5) is 72.8. The average Bonchev–Trinajstić information content (AvgIpc) is 1.49. The minimum Gasteiger partial charge on any atom is -0.505 e. The van der Waals surface area contributed by atoms with Crippen molar-refractivity contribution in [3.63, 3.8) is 0 Å². The van der Waals surface area contributed by atoms with Gasteiger partial charge in [0.2, 0.25) is 17.7 Å². The van der Waals surface area contributed by atoms with Crippen molar-refractivity contribution in [1.29, 1.82) is 0 Å². The number of carbonyl (C=O) groups excluding carboxylic acids is 5. The molecule has 88 heavy (non-hydrogen) atoms. The molecule has 2 saturated heterocycles. The van der Waals surface area contributed by atoms with Gasteiger partial charge in [-0.3, -0.25) is 19.7 Å². The number of phenolic OH excluding ortho intramolecular Hbond substituents is 2. The molecule has 1 aliphatic carbocycles. The number of ether oxygens (including phenoxy) is 4. The first-order valence-corrected chi connectivity index (χ1v) is 29.6. The van der Waals surface area contributed by atoms with Crippen LogP contribution in [0.2, 0.25) is 0 Å². The highest BCUT2D eigenvalue weighted by Gasteiger charge is 2.75. The second-order valence-corrected chi connectivity index (χ2v) is 22.6. The average molecular weight is 1190 g/mol. The van der Waals surface area contributed by atoms with Gasteiger partial charge in [0.05, 0.1) is 41.2 Å². The van der Waals surface area contributed by atoms with Crippen molar-refractivity contribution in [3.8, 4) is 28.4 Å². The normalized spacial score (nSPS) is 18.0. The van der Waals surface area contributed by atoms with Crippen LogP contribution in [0.5, 0.6) is 17.2 Å². The second-order valence-electron chi connectivity index (χ2n) is 22.6. The Hall–Kier alpha value is -9.85. The van der Waals surface area contributed by atoms with Crippen molar-refractivity contribution < 1.29 is 53.1 Å². The van der Waals surface area contributed by atoms with Gasteiger partial charge >= 0.3 is 12.2 Å². The van der Waals surface area contributed by atoms with Gasteiger partial charge in [-0.2, -0.15) is 0 Å². The van der Waals surface area contributed by atoms with Crippen molar-refractivity contribution in [2.45, 2.75) is 86.8 Å². The number of nitrogens with one attached hydrogen (secondary N) is 4. The van der Waals surface area contributed by atoms with E-state index in [0.29, 0.717) is 19.4 Å². The highest BCUT2D eigenvalue weighted by Crippen LogP contribution is 2.65. The van der Waals surface area contributed by atoms with Crippen molar-refractivity contribution in [1.82, 2.24) is 26.2 Å². The van der Waals surface area contributed by atoms with Gasteiger partial charge in [-0.05, 0) is 95.8 Å². The van der Waals surface area contributed by atoms with Crippen LogP contribution in [0.1, 0.15) is 82.5 Å². The van der Waals surface area contributed by atoms with E-state index in [1.165, 1.54) is 7.11 Å². The number of carbonyl (C=O) groups is 5. The van der Waals surface area contributed by atoms with E-state index in [1.807, 2.05) is 115 Å². The molecule has 2 fully saturated rings. The zero-order chi connectivity index (χ0) is 61.7. The van der Waals surface area contributed by atoms with Gasteiger partial charge in [-0.1, -0.05) is 152 Å². The summed E-state index contributed by atoms with van der Waals surface area (Å²) in [6.07, 6.45) is 0.734. The third-order valence-electron chi connectivity index (χ3n) is 17.6. The first-order chi connectivity index (χ1) is 42.7. The molecular formula is C69H72N8O11. The molecule has 4 aliphatic rings. The SMILES string of the molecule is COc1ccc(C(NCCCCC(NC(=O)[C@H](Cc2ccccc2)NC(=O)OCC2c3ccccc3-c3ccccc32)C(=O)NCCCC(=O)N2C3CN4c5c(O)c(C)c(N)c(O)c5C(=COC(N)=O)C4(OC)C32)(c2ccccc2)c2ccccc2)cc1. The molecule has 0 radical (unpaired) electrons. The summed E-state index contributed by atoms with van der Waals surface area (Å²) in [5.74, 6) is -1.37. The summed E-state index contributed by atoms with van der Waals surface area (Å²) >= 11 is 0. The van der Waals surface area contributed by atoms with Gasteiger partial charge in [0.1, 0.15) is 48.2 Å². The largest absolute Gasteiger partial charge is 0.505 e. The molecular weight excluding hydrogens is 1120 g/mol. The third-order valence-corrected chi connectivity index (χ3v) is 17.6. The summed E-state index contributed by atoms with van der Waals surface area (Å²) in [6.45, 7) is 2.35. The summed E-state index contributed by atoms with van der Waals surface area (Å²) in [5.41, 5.74) is 17.9. The highest BCUT2D eigenvalue weighted by atomic mass is 16.6. The minimum absolute atomic E-state index is 0.00406. The van der Waals surface area contributed by atoms with Crippen molar-refractivity contribution >= 4 is 46.9 Å². The Bertz CT molecular complexity index is 3670. The number of hydrogen-bond acceptors (Lipinski definition) is 14. The number of alkyl carbamates (subject to hydrolysis) is 1. The number of fused-ring (bicyclic) bond motifs is 8. The molecule has 454 valence electrons. The lowest BCUT2D eigenvalue weighted by atomic mass is 9.77. The van der Waals surface area contributed by atoms with Crippen LogP contribution in [0, 0.1) is 6.92 Å². The Kier molecular flexibility index (Phi) is 17.4. The molecule has 0 bridgehead atoms. The number of benzene rings is 7. The van der Waals surface area contributed by atoms with Crippen LogP contribution in [0.4, 0.5) is 21.0 Å². The van der Waals surface area contributed by atoms with Crippen LogP contribution in [-0.2, 0) is 40.6 Å². The lowest BCUT2D eigenvalue weighted by molar-refractivity contribution is -0.130. The number of nitrogens with zero attached hydrogens (tertiary/aromatic N) is 2. The van der Waals surface area contributed by atoms with Crippen molar-refractivity contribution in [2.24, 2.45) is 5.73 Å². The van der Waals surface area contributed by atoms with E-state index in [-0.39, 0.29) is 96.8 Å². The maximum Gasteiger partial charge on any atom is 0.409 e. The fraction of sp³-hybridized carbons (Fsp3) is 0.290. The van der Waals surface area contributed by atoms with Crippen LogP contribution >= 0.6 is 0 Å². The number of hydrogen-bond donors (Lipinski definition) is 8. The van der Waals surface area contributed by atoms with Gasteiger partial charge in [-0.25, -0.2) is 9.59 Å². The van der Waals surface area contributed by atoms with E-state index in [0.717, 1.165) is 56.5 Å². The number of aromatic hydroxyl groups is 2. The number of amides is 5. The predicted molar refractivity (Wildman–Crippen MR) is 333 cm³/mol. The molecule has 0 saturated carbocycles. The molecule has 7 aromatic rings. The van der Waals surface area contributed by atoms with Gasteiger partial charge in [0.15, 0.2) is 5.72 Å². The number of unbranched alkanes of at least 4 members (excludes halogenated alkanes) is 1.